The number of aliphatic carboxylic acids is 4. The highest BCUT2D eigenvalue weighted by atomic mass is 16.4. The van der Waals surface area contributed by atoms with E-state index in [1.54, 1.807) is 13.8 Å². The monoisotopic (exact) mass is 1030 g/mol. The molecule has 72 heavy (non-hydrogen) atoms. The molecule has 404 valence electrons. The maximum Gasteiger partial charge on any atom is 0.305 e. The van der Waals surface area contributed by atoms with Crippen LogP contribution in [0.4, 0.5) is 0 Å². The van der Waals surface area contributed by atoms with Crippen LogP contribution in [0, 0.1) is 5.92 Å². The highest BCUT2D eigenvalue weighted by Gasteiger charge is 2.36. The predicted octanol–water partition coefficient (Wildman–Crippen LogP) is -6.11. The number of nitrogens with one attached hydrogen (secondary N) is 9. The van der Waals surface area contributed by atoms with Gasteiger partial charge in [0, 0.05) is 32.2 Å². The van der Waals surface area contributed by atoms with Crippen molar-refractivity contribution in [1.82, 2.24) is 47.9 Å². The molecule has 0 unspecified atom stereocenters. The number of carboxylic acid groups (broad SMARTS) is 4. The van der Waals surface area contributed by atoms with Crippen molar-refractivity contribution in [3.05, 3.63) is 0 Å². The average Bonchev–Trinajstić information content (AvgIpc) is 3.27. The van der Waals surface area contributed by atoms with Crippen LogP contribution in [0.3, 0.4) is 0 Å². The summed E-state index contributed by atoms with van der Waals surface area (Å²) < 4.78 is 0. The van der Waals surface area contributed by atoms with Crippen molar-refractivity contribution >= 4 is 82.9 Å². The minimum absolute atomic E-state index is 0.0205. The molecule has 9 atom stereocenters. The van der Waals surface area contributed by atoms with Crippen LogP contribution in [0.2, 0.25) is 0 Å². The van der Waals surface area contributed by atoms with Gasteiger partial charge in [0.05, 0.1) is 25.1 Å². The zero-order valence-corrected chi connectivity index (χ0v) is 40.0. The molecule has 30 heteroatoms. The van der Waals surface area contributed by atoms with Crippen molar-refractivity contribution in [2.45, 2.75) is 159 Å². The summed E-state index contributed by atoms with van der Waals surface area (Å²) in [6, 6.07) is -13.6. The third kappa shape index (κ3) is 24.9. The summed E-state index contributed by atoms with van der Waals surface area (Å²) in [4.78, 5) is 179. The molecule has 0 aromatic carbocycles. The second kappa shape index (κ2) is 31.7. The highest BCUT2D eigenvalue weighted by Crippen LogP contribution is 2.11. The lowest BCUT2D eigenvalue weighted by Gasteiger charge is -2.27. The van der Waals surface area contributed by atoms with Crippen LogP contribution in [0.1, 0.15) is 104 Å². The lowest BCUT2D eigenvalue weighted by molar-refractivity contribution is -0.142. The summed E-state index contributed by atoms with van der Waals surface area (Å²) in [5.41, 5.74) is 11.4. The Labute approximate surface area is 412 Å². The molecule has 1 saturated heterocycles. The number of carboxylic acids is 4. The van der Waals surface area contributed by atoms with Crippen LogP contribution < -0.4 is 59.3 Å². The Balaban J connectivity index is 3.80. The van der Waals surface area contributed by atoms with E-state index < -0.39 is 195 Å². The van der Waals surface area contributed by atoms with Gasteiger partial charge < -0.3 is 84.9 Å². The molecule has 1 rings (SSSR count). The Bertz CT molecular complexity index is 2000. The number of amides is 10. The van der Waals surface area contributed by atoms with Crippen LogP contribution in [-0.2, 0) is 67.1 Å². The molecule has 0 spiro atoms. The van der Waals surface area contributed by atoms with Gasteiger partial charge in [-0.2, -0.15) is 0 Å². The molecule has 0 saturated carbocycles. The standard InChI is InChI=1S/C42H67N11O19/c1-19(2)16-26-40(70)52-27(17-33(63)64)41(71)50-24(9-13-31(59)60)38(68)49-25(10-14-32(61)62)39(69)53-34(20(3)54)42(72)46-18-29(56)47-23(8-12-30(57)58)37(67)48-22(7-11-28(44)55)36(66)45-15-5-4-6-21(43)35(65)51-26/h19-27,34,54H,4-18,43H2,1-3H3,(H2,44,55)(H,45,66)(H,46,72)(H,47,56)(H,48,67)(H,49,68)(H,50,71)(H,51,65)(H,52,70)(H,53,69)(H,57,58)(H,59,60)(H,61,62)(H,63,64)/t20-,21+,22+,23+,24+,25-,26+,27+,34+/m1/s1. The Hall–Kier alpha value is -7.50. The minimum atomic E-state index is -1.98. The Kier molecular flexibility index (Phi) is 27.5. The smallest absolute Gasteiger partial charge is 0.305 e. The number of carbonyl (C=O) groups is 14. The second-order valence-corrected chi connectivity index (χ2v) is 17.3. The molecule has 30 nitrogen and oxygen atoms in total. The average molecular weight is 1030 g/mol. The molecule has 0 aromatic heterocycles. The number of rotatable bonds is 17. The Morgan fingerprint density at radius 2 is 0.931 bits per heavy atom. The van der Waals surface area contributed by atoms with E-state index in [2.05, 4.69) is 47.9 Å². The van der Waals surface area contributed by atoms with E-state index in [0.717, 1.165) is 6.92 Å². The number of aliphatic hydroxyl groups is 1. The van der Waals surface area contributed by atoms with E-state index in [1.165, 1.54) is 0 Å². The van der Waals surface area contributed by atoms with Crippen molar-refractivity contribution in [1.29, 1.82) is 0 Å². The third-order valence-corrected chi connectivity index (χ3v) is 10.6. The van der Waals surface area contributed by atoms with Crippen molar-refractivity contribution in [3.63, 3.8) is 0 Å². The Morgan fingerprint density at radius 1 is 0.514 bits per heavy atom. The van der Waals surface area contributed by atoms with Crippen LogP contribution in [-0.4, -0.2) is 176 Å². The molecule has 1 fully saturated rings. The van der Waals surface area contributed by atoms with Gasteiger partial charge in [0.15, 0.2) is 0 Å². The molecule has 0 radical (unpaired) electrons. The topological polar surface area (TPSA) is 500 Å². The van der Waals surface area contributed by atoms with Crippen molar-refractivity contribution in [2.24, 2.45) is 17.4 Å². The zero-order valence-electron chi connectivity index (χ0n) is 40.0. The fraction of sp³-hybridized carbons (Fsp3) is 0.667. The largest absolute Gasteiger partial charge is 0.481 e. The minimum Gasteiger partial charge on any atom is -0.481 e. The summed E-state index contributed by atoms with van der Waals surface area (Å²) >= 11 is 0. The van der Waals surface area contributed by atoms with E-state index >= 15 is 0 Å². The second-order valence-electron chi connectivity index (χ2n) is 17.3. The molecule has 0 aliphatic carbocycles. The quantitative estimate of drug-likeness (QED) is 0.0645. The van der Waals surface area contributed by atoms with Gasteiger partial charge >= 0.3 is 23.9 Å². The number of aliphatic hydroxyl groups excluding tert-OH is 1. The van der Waals surface area contributed by atoms with Crippen molar-refractivity contribution in [2.75, 3.05) is 13.1 Å². The van der Waals surface area contributed by atoms with E-state index in [4.69, 9.17) is 11.5 Å². The van der Waals surface area contributed by atoms with Gasteiger partial charge in [0.25, 0.3) is 0 Å². The number of carbonyl (C=O) groups excluding carboxylic acids is 10. The summed E-state index contributed by atoms with van der Waals surface area (Å²) in [6.07, 6.45) is -7.71. The predicted molar refractivity (Wildman–Crippen MR) is 244 cm³/mol. The van der Waals surface area contributed by atoms with Crippen molar-refractivity contribution in [3.8, 4) is 0 Å². The first-order valence-electron chi connectivity index (χ1n) is 22.9. The molecule has 1 aliphatic heterocycles. The normalized spacial score (nSPS) is 24.9. The number of hydrogen-bond donors (Lipinski definition) is 16. The fourth-order valence-corrected chi connectivity index (χ4v) is 6.76. The molecule has 18 N–H and O–H groups in total. The molecule has 0 bridgehead atoms. The molecule has 0 aromatic rings. The van der Waals surface area contributed by atoms with Crippen LogP contribution in [0.5, 0.6) is 0 Å². The van der Waals surface area contributed by atoms with E-state index in [9.17, 15) is 92.7 Å². The summed E-state index contributed by atoms with van der Waals surface area (Å²) in [6.45, 7) is 3.30. The third-order valence-electron chi connectivity index (χ3n) is 10.6. The molecule has 1 aliphatic rings. The van der Waals surface area contributed by atoms with Crippen LogP contribution >= 0.6 is 0 Å². The maximum atomic E-state index is 13.7. The van der Waals surface area contributed by atoms with Gasteiger partial charge in [0.1, 0.15) is 42.3 Å². The van der Waals surface area contributed by atoms with Gasteiger partial charge in [-0.3, -0.25) is 67.1 Å². The molecular formula is C42H67N11O19. The summed E-state index contributed by atoms with van der Waals surface area (Å²) in [5, 5.41) is 68.5. The summed E-state index contributed by atoms with van der Waals surface area (Å²) in [7, 11) is 0. The fourth-order valence-electron chi connectivity index (χ4n) is 6.76. The van der Waals surface area contributed by atoms with Gasteiger partial charge in [-0.1, -0.05) is 13.8 Å². The first kappa shape index (κ1) is 62.5. The highest BCUT2D eigenvalue weighted by molar-refractivity contribution is 5.99. The number of primary amides is 1. The molecule has 1 heterocycles. The van der Waals surface area contributed by atoms with E-state index in [0.29, 0.717) is 0 Å². The first-order chi connectivity index (χ1) is 33.6. The van der Waals surface area contributed by atoms with E-state index in [1.807, 2.05) is 0 Å². The lowest BCUT2D eigenvalue weighted by Crippen LogP contribution is -2.61. The van der Waals surface area contributed by atoms with Gasteiger partial charge in [0.2, 0.25) is 59.1 Å². The molecule has 10 amide bonds. The lowest BCUT2D eigenvalue weighted by atomic mass is 10.0. The van der Waals surface area contributed by atoms with Gasteiger partial charge in [-0.05, 0) is 64.2 Å². The Morgan fingerprint density at radius 3 is 1.39 bits per heavy atom. The first-order valence-corrected chi connectivity index (χ1v) is 22.9. The number of nitrogens with two attached hydrogens (primary N) is 2. The van der Waals surface area contributed by atoms with Crippen LogP contribution in [0.15, 0.2) is 0 Å². The zero-order chi connectivity index (χ0) is 54.8. The maximum absolute atomic E-state index is 13.7. The summed E-state index contributed by atoms with van der Waals surface area (Å²) in [5.74, 6) is -17.4. The van der Waals surface area contributed by atoms with Gasteiger partial charge in [-0.25, -0.2) is 0 Å². The van der Waals surface area contributed by atoms with Crippen LogP contribution in [0.25, 0.3) is 0 Å². The molecular weight excluding hydrogens is 963 g/mol. The SMILES string of the molecule is CC(C)C[C@@H]1NC(=O)[C@@H](N)CCCCNC(=O)[C@H](CCC(N)=O)NC(=O)[C@H](CCC(=O)O)NC(=O)CNC(=O)[C@H]([C@@H](C)O)NC(=O)[C@@H](CCC(=O)O)NC(=O)[C@H](CCC(=O)O)NC(=O)[C@H](CC(=O)O)NC1=O. The van der Waals surface area contributed by atoms with E-state index in [-0.39, 0.29) is 44.6 Å². The van der Waals surface area contributed by atoms with Crippen molar-refractivity contribution < 1.29 is 92.7 Å². The van der Waals surface area contributed by atoms with Gasteiger partial charge in [-0.15, -0.1) is 0 Å². The number of hydrogen-bond acceptors (Lipinski definition) is 16.